The SMILES string of the molecule is C=Cc1cc(C=O)c(-c2ccc(C(=O)NCC3CC3)nc2C(=O)O)cc1OC. The number of aromatic carboxylic acids is 1. The molecule has 1 heterocycles. The standard InChI is InChI=1S/C21H20N2O5/c1-3-13-8-14(11-24)16(9-18(13)28-2)15-6-7-17(23-19(15)21(26)27)20(25)22-10-12-4-5-12/h3,6-9,11-12H,1,4-5,10H2,2H3,(H,22,25)(H,26,27). The van der Waals surface area contributed by atoms with E-state index in [1.54, 1.807) is 18.2 Å². The van der Waals surface area contributed by atoms with E-state index in [1.807, 2.05) is 0 Å². The quantitative estimate of drug-likeness (QED) is 0.682. The Morgan fingerprint density at radius 2 is 2.04 bits per heavy atom. The third-order valence-electron chi connectivity index (χ3n) is 4.62. The number of benzene rings is 1. The number of carboxylic acids is 1. The molecular formula is C21H20N2O5. The van der Waals surface area contributed by atoms with Gasteiger partial charge in [-0.15, -0.1) is 0 Å². The van der Waals surface area contributed by atoms with Crippen LogP contribution < -0.4 is 10.1 Å². The highest BCUT2D eigenvalue weighted by Crippen LogP contribution is 2.33. The lowest BCUT2D eigenvalue weighted by molar-refractivity contribution is 0.0691. The Kier molecular flexibility index (Phi) is 5.54. The predicted octanol–water partition coefficient (Wildman–Crippen LogP) is 3.05. The number of carbonyl (C=O) groups excluding carboxylic acids is 2. The minimum atomic E-state index is -1.30. The molecule has 0 saturated heterocycles. The second-order valence-electron chi connectivity index (χ2n) is 6.55. The van der Waals surface area contributed by atoms with Crippen molar-refractivity contribution in [3.8, 4) is 16.9 Å². The lowest BCUT2D eigenvalue weighted by Crippen LogP contribution is -2.27. The molecule has 0 aliphatic heterocycles. The molecule has 0 bridgehead atoms. The molecule has 1 amide bonds. The number of hydrogen-bond acceptors (Lipinski definition) is 5. The molecule has 2 N–H and O–H groups in total. The van der Waals surface area contributed by atoms with Gasteiger partial charge in [0.25, 0.3) is 5.91 Å². The first-order valence-corrected chi connectivity index (χ1v) is 8.81. The first-order chi connectivity index (χ1) is 13.5. The Morgan fingerprint density at radius 3 is 2.61 bits per heavy atom. The molecule has 1 aliphatic carbocycles. The van der Waals surface area contributed by atoms with Crippen LogP contribution >= 0.6 is 0 Å². The number of nitrogens with zero attached hydrogens (tertiary/aromatic N) is 1. The highest BCUT2D eigenvalue weighted by Gasteiger charge is 2.24. The first-order valence-electron chi connectivity index (χ1n) is 8.81. The van der Waals surface area contributed by atoms with E-state index < -0.39 is 11.9 Å². The van der Waals surface area contributed by atoms with Crippen molar-refractivity contribution in [3.05, 3.63) is 53.4 Å². The molecule has 7 nitrogen and oxygen atoms in total. The summed E-state index contributed by atoms with van der Waals surface area (Å²) < 4.78 is 5.30. The fourth-order valence-corrected chi connectivity index (χ4v) is 2.90. The number of pyridine rings is 1. The van der Waals surface area contributed by atoms with Gasteiger partial charge in [-0.3, -0.25) is 9.59 Å². The van der Waals surface area contributed by atoms with Crippen LogP contribution in [0.25, 0.3) is 17.2 Å². The van der Waals surface area contributed by atoms with Crippen LogP contribution in [0.5, 0.6) is 5.75 Å². The van der Waals surface area contributed by atoms with Gasteiger partial charge < -0.3 is 15.2 Å². The lowest BCUT2D eigenvalue weighted by atomic mass is 9.95. The number of ether oxygens (including phenoxy) is 1. The molecule has 2 aromatic rings. The van der Waals surface area contributed by atoms with E-state index in [4.69, 9.17) is 4.74 Å². The van der Waals surface area contributed by atoms with Gasteiger partial charge in [-0.05, 0) is 48.6 Å². The normalized spacial score (nSPS) is 12.9. The van der Waals surface area contributed by atoms with E-state index >= 15 is 0 Å². The van der Waals surface area contributed by atoms with Gasteiger partial charge in [-0.1, -0.05) is 12.7 Å². The Bertz CT molecular complexity index is 964. The van der Waals surface area contributed by atoms with E-state index in [0.717, 1.165) is 12.8 Å². The molecule has 0 radical (unpaired) electrons. The third-order valence-corrected chi connectivity index (χ3v) is 4.62. The highest BCUT2D eigenvalue weighted by atomic mass is 16.5. The number of methoxy groups -OCH3 is 1. The van der Waals surface area contributed by atoms with Crippen LogP contribution in [0.15, 0.2) is 30.8 Å². The molecule has 3 rings (SSSR count). The van der Waals surface area contributed by atoms with Gasteiger partial charge in [0.1, 0.15) is 11.4 Å². The van der Waals surface area contributed by atoms with E-state index in [0.29, 0.717) is 35.6 Å². The predicted molar refractivity (Wildman–Crippen MR) is 104 cm³/mol. The summed E-state index contributed by atoms with van der Waals surface area (Å²) in [4.78, 5) is 39.7. The topological polar surface area (TPSA) is 106 Å². The smallest absolute Gasteiger partial charge is 0.355 e. The molecule has 28 heavy (non-hydrogen) atoms. The van der Waals surface area contributed by atoms with Crippen molar-refractivity contribution in [2.75, 3.05) is 13.7 Å². The number of aromatic nitrogens is 1. The van der Waals surface area contributed by atoms with Crippen molar-refractivity contribution in [1.82, 2.24) is 10.3 Å². The molecule has 1 aromatic carbocycles. The zero-order valence-corrected chi connectivity index (χ0v) is 15.4. The molecule has 1 fully saturated rings. The van der Waals surface area contributed by atoms with Gasteiger partial charge in [0, 0.05) is 23.2 Å². The van der Waals surface area contributed by atoms with Gasteiger partial charge in [0.2, 0.25) is 0 Å². The second kappa shape index (κ2) is 8.04. The van der Waals surface area contributed by atoms with Crippen LogP contribution in [0.4, 0.5) is 0 Å². The van der Waals surface area contributed by atoms with Crippen molar-refractivity contribution >= 4 is 24.2 Å². The minimum absolute atomic E-state index is 0.0177. The van der Waals surface area contributed by atoms with Gasteiger partial charge in [-0.25, -0.2) is 9.78 Å². The molecule has 0 atom stereocenters. The Morgan fingerprint density at radius 1 is 1.29 bits per heavy atom. The first kappa shape index (κ1) is 19.3. The molecule has 7 heteroatoms. The van der Waals surface area contributed by atoms with Crippen LogP contribution in [-0.4, -0.2) is 41.9 Å². The number of rotatable bonds is 8. The number of carbonyl (C=O) groups is 3. The van der Waals surface area contributed by atoms with Crippen molar-refractivity contribution in [3.63, 3.8) is 0 Å². The molecule has 144 valence electrons. The maximum atomic E-state index is 12.3. The monoisotopic (exact) mass is 380 g/mol. The van der Waals surface area contributed by atoms with Crippen molar-refractivity contribution in [2.24, 2.45) is 5.92 Å². The van der Waals surface area contributed by atoms with Crippen LogP contribution in [0.3, 0.4) is 0 Å². The summed E-state index contributed by atoms with van der Waals surface area (Å²) in [6.45, 7) is 4.24. The van der Waals surface area contributed by atoms with Crippen LogP contribution in [0.2, 0.25) is 0 Å². The van der Waals surface area contributed by atoms with Crippen molar-refractivity contribution in [2.45, 2.75) is 12.8 Å². The number of nitrogens with one attached hydrogen (secondary N) is 1. The maximum Gasteiger partial charge on any atom is 0.355 e. The number of amides is 1. The Balaban J connectivity index is 2.06. The minimum Gasteiger partial charge on any atom is -0.496 e. The zero-order chi connectivity index (χ0) is 20.3. The summed E-state index contributed by atoms with van der Waals surface area (Å²) in [6.07, 6.45) is 4.34. The summed E-state index contributed by atoms with van der Waals surface area (Å²) in [7, 11) is 1.47. The van der Waals surface area contributed by atoms with Gasteiger partial charge in [-0.2, -0.15) is 0 Å². The fourth-order valence-electron chi connectivity index (χ4n) is 2.90. The highest BCUT2D eigenvalue weighted by molar-refractivity contribution is 6.01. The molecule has 1 saturated carbocycles. The summed E-state index contributed by atoms with van der Waals surface area (Å²) in [5.41, 5.74) is 1.16. The van der Waals surface area contributed by atoms with Crippen LogP contribution in [-0.2, 0) is 0 Å². The number of aldehydes is 1. The Labute approximate surface area is 162 Å². The van der Waals surface area contributed by atoms with E-state index in [-0.39, 0.29) is 22.5 Å². The van der Waals surface area contributed by atoms with Crippen molar-refractivity contribution in [1.29, 1.82) is 0 Å². The fraction of sp³-hybridized carbons (Fsp3) is 0.238. The second-order valence-corrected chi connectivity index (χ2v) is 6.55. The molecular weight excluding hydrogens is 360 g/mol. The summed E-state index contributed by atoms with van der Waals surface area (Å²) in [5.74, 6) is -0.780. The lowest BCUT2D eigenvalue weighted by Gasteiger charge is -2.13. The molecule has 1 aliphatic rings. The Hall–Kier alpha value is -3.48. The summed E-state index contributed by atoms with van der Waals surface area (Å²) >= 11 is 0. The average Bonchev–Trinajstić information content (AvgIpc) is 3.54. The summed E-state index contributed by atoms with van der Waals surface area (Å²) in [5, 5.41) is 12.4. The molecule has 0 spiro atoms. The van der Waals surface area contributed by atoms with Gasteiger partial charge in [0.05, 0.1) is 7.11 Å². The summed E-state index contributed by atoms with van der Waals surface area (Å²) in [6, 6.07) is 6.07. The number of hydrogen-bond donors (Lipinski definition) is 2. The van der Waals surface area contributed by atoms with Crippen LogP contribution in [0, 0.1) is 5.92 Å². The average molecular weight is 380 g/mol. The van der Waals surface area contributed by atoms with Crippen LogP contribution in [0.1, 0.15) is 49.7 Å². The number of carboxylic acid groups (broad SMARTS) is 1. The largest absolute Gasteiger partial charge is 0.496 e. The molecule has 1 aromatic heterocycles. The van der Waals surface area contributed by atoms with E-state index in [2.05, 4.69) is 16.9 Å². The van der Waals surface area contributed by atoms with Crippen molar-refractivity contribution < 1.29 is 24.2 Å². The van der Waals surface area contributed by atoms with Gasteiger partial charge in [0.15, 0.2) is 12.0 Å². The molecule has 0 unspecified atom stereocenters. The third kappa shape index (κ3) is 3.93. The zero-order valence-electron chi connectivity index (χ0n) is 15.4. The van der Waals surface area contributed by atoms with E-state index in [9.17, 15) is 19.5 Å². The van der Waals surface area contributed by atoms with Gasteiger partial charge >= 0.3 is 5.97 Å². The van der Waals surface area contributed by atoms with E-state index in [1.165, 1.54) is 19.2 Å². The maximum absolute atomic E-state index is 12.3.